The fourth-order valence-corrected chi connectivity index (χ4v) is 4.19. The third-order valence-corrected chi connectivity index (χ3v) is 5.91. The molecule has 1 aliphatic heterocycles. The van der Waals surface area contributed by atoms with Gasteiger partial charge in [-0.25, -0.2) is 20.0 Å². The van der Waals surface area contributed by atoms with Crippen LogP contribution in [0, 0.1) is 19.7 Å². The number of halogens is 1. The molecule has 0 amide bonds. The molecule has 0 saturated carbocycles. The second kappa shape index (κ2) is 8.76. The van der Waals surface area contributed by atoms with Crippen molar-refractivity contribution in [2.45, 2.75) is 33.5 Å². The summed E-state index contributed by atoms with van der Waals surface area (Å²) in [6.07, 6.45) is 0.0578. The quantitative estimate of drug-likeness (QED) is 0.188. The average molecular weight is 468 g/mol. The van der Waals surface area contributed by atoms with E-state index in [0.717, 1.165) is 11.1 Å². The molecule has 178 valence electrons. The number of aromatic nitrogens is 2. The van der Waals surface area contributed by atoms with Crippen molar-refractivity contribution in [2.24, 2.45) is 17.3 Å². The summed E-state index contributed by atoms with van der Waals surface area (Å²) >= 11 is 0. The predicted molar refractivity (Wildman–Crippen MR) is 124 cm³/mol. The highest BCUT2D eigenvalue weighted by Gasteiger charge is 2.28. The molecule has 3 aromatic rings. The summed E-state index contributed by atoms with van der Waals surface area (Å²) in [6.45, 7) is 3.55. The molecular formula is C23H25FN6O4. The molecule has 0 fully saturated rings. The van der Waals surface area contributed by atoms with Gasteiger partial charge in [-0.05, 0) is 42.7 Å². The van der Waals surface area contributed by atoms with Crippen LogP contribution in [0.3, 0.4) is 0 Å². The van der Waals surface area contributed by atoms with E-state index in [4.69, 9.17) is 22.4 Å². The van der Waals surface area contributed by atoms with Crippen molar-refractivity contribution in [2.75, 3.05) is 6.54 Å². The van der Waals surface area contributed by atoms with E-state index in [9.17, 15) is 14.0 Å². The predicted octanol–water partition coefficient (Wildman–Crippen LogP) is 1.81. The SMILES string of the molecule is Cc1cc2c(CN(N)/C=C(\N)CN)c3c(nc2cc1F)-c1cc(C)c(COC(=O)O)c(=O)n1C3. The largest absolute Gasteiger partial charge is 0.506 e. The van der Waals surface area contributed by atoms with E-state index >= 15 is 0 Å². The van der Waals surface area contributed by atoms with Crippen LogP contribution in [0.1, 0.15) is 27.8 Å². The molecule has 1 aliphatic rings. The third kappa shape index (κ3) is 4.06. The van der Waals surface area contributed by atoms with E-state index in [1.165, 1.54) is 21.8 Å². The number of hydrogen-bond donors (Lipinski definition) is 4. The van der Waals surface area contributed by atoms with Gasteiger partial charge in [0.05, 0.1) is 35.6 Å². The summed E-state index contributed by atoms with van der Waals surface area (Å²) < 4.78 is 20.6. The highest BCUT2D eigenvalue weighted by atomic mass is 19.1. The first-order chi connectivity index (χ1) is 16.1. The van der Waals surface area contributed by atoms with Crippen LogP contribution in [0.15, 0.2) is 34.9 Å². The van der Waals surface area contributed by atoms with E-state index in [1.54, 1.807) is 26.0 Å². The number of nitrogens with two attached hydrogens (primary N) is 3. The number of hydrazine groups is 1. The van der Waals surface area contributed by atoms with Gasteiger partial charge in [0.15, 0.2) is 0 Å². The van der Waals surface area contributed by atoms with E-state index in [0.29, 0.717) is 39.1 Å². The summed E-state index contributed by atoms with van der Waals surface area (Å²) in [5.74, 6) is 5.78. The first-order valence-electron chi connectivity index (χ1n) is 10.5. The van der Waals surface area contributed by atoms with Crippen molar-refractivity contribution in [1.82, 2.24) is 14.6 Å². The smallest absolute Gasteiger partial charge is 0.450 e. The number of benzene rings is 1. The topological polar surface area (TPSA) is 163 Å². The van der Waals surface area contributed by atoms with E-state index in [1.807, 2.05) is 0 Å². The molecule has 3 heterocycles. The number of nitrogens with zero attached hydrogens (tertiary/aromatic N) is 3. The summed E-state index contributed by atoms with van der Waals surface area (Å²) in [5, 5.41) is 10.9. The summed E-state index contributed by atoms with van der Waals surface area (Å²) in [4.78, 5) is 28.7. The minimum Gasteiger partial charge on any atom is -0.450 e. The third-order valence-electron chi connectivity index (χ3n) is 5.91. The zero-order chi connectivity index (χ0) is 24.7. The van der Waals surface area contributed by atoms with E-state index in [2.05, 4.69) is 9.72 Å². The molecule has 0 saturated heterocycles. The van der Waals surface area contributed by atoms with Gasteiger partial charge >= 0.3 is 6.16 Å². The Morgan fingerprint density at radius 2 is 2.03 bits per heavy atom. The average Bonchev–Trinajstić information content (AvgIpc) is 3.13. The first kappa shape index (κ1) is 23.2. The normalized spacial score (nSPS) is 12.6. The number of pyridine rings is 2. The van der Waals surface area contributed by atoms with E-state index < -0.39 is 12.0 Å². The Bertz CT molecular complexity index is 1420. The minimum absolute atomic E-state index is 0.133. The number of carboxylic acid groups (broad SMARTS) is 1. The van der Waals surface area contributed by atoms with E-state index in [-0.39, 0.29) is 37.4 Å². The molecule has 1 aromatic carbocycles. The summed E-state index contributed by atoms with van der Waals surface area (Å²) in [5.41, 5.74) is 15.7. The van der Waals surface area contributed by atoms with Crippen LogP contribution in [0.5, 0.6) is 0 Å². The van der Waals surface area contributed by atoms with Crippen LogP contribution in [0.2, 0.25) is 0 Å². The van der Waals surface area contributed by atoms with Crippen molar-refractivity contribution >= 4 is 17.1 Å². The molecule has 2 aromatic heterocycles. The Balaban J connectivity index is 1.92. The van der Waals surface area contributed by atoms with Crippen LogP contribution < -0.4 is 22.9 Å². The van der Waals surface area contributed by atoms with Crippen LogP contribution in [0.4, 0.5) is 9.18 Å². The molecule has 34 heavy (non-hydrogen) atoms. The Morgan fingerprint density at radius 3 is 2.71 bits per heavy atom. The second-order valence-corrected chi connectivity index (χ2v) is 8.25. The maximum atomic E-state index is 14.4. The molecule has 0 radical (unpaired) electrons. The lowest BCUT2D eigenvalue weighted by molar-refractivity contribution is 0.0848. The lowest BCUT2D eigenvalue weighted by atomic mass is 9.98. The Morgan fingerprint density at radius 1 is 1.29 bits per heavy atom. The van der Waals surface area contributed by atoms with Crippen molar-refractivity contribution in [3.05, 3.63) is 74.1 Å². The molecule has 10 nitrogen and oxygen atoms in total. The minimum atomic E-state index is -1.46. The molecular weight excluding hydrogens is 443 g/mol. The fourth-order valence-electron chi connectivity index (χ4n) is 4.19. The number of rotatable bonds is 6. The molecule has 0 unspecified atom stereocenters. The first-order valence-corrected chi connectivity index (χ1v) is 10.5. The van der Waals surface area contributed by atoms with Crippen LogP contribution >= 0.6 is 0 Å². The van der Waals surface area contributed by atoms with Crippen molar-refractivity contribution < 1.29 is 19.0 Å². The molecule has 4 rings (SSSR count). The highest BCUT2D eigenvalue weighted by Crippen LogP contribution is 2.37. The molecule has 0 aliphatic carbocycles. The van der Waals surface area contributed by atoms with Crippen molar-refractivity contribution in [3.63, 3.8) is 0 Å². The van der Waals surface area contributed by atoms with Crippen LogP contribution in [-0.4, -0.2) is 32.4 Å². The number of fused-ring (bicyclic) bond motifs is 4. The fraction of sp³-hybridized carbons (Fsp3) is 0.261. The van der Waals surface area contributed by atoms with Gasteiger partial charge in [-0.15, -0.1) is 0 Å². The number of hydrogen-bond acceptors (Lipinski definition) is 8. The standard InChI is InChI=1S/C23H25FN6O4/c1-11-4-20-21-16(9-30(20)22(31)17(11)10-34-23(32)33)15(8-29(27)7-13(26)6-25)14-3-12(2)18(24)5-19(14)28-21/h3-5,7H,6,8-10,25-27H2,1-2H3,(H,32,33)/b13-7-. The zero-order valence-corrected chi connectivity index (χ0v) is 18.8. The van der Waals surface area contributed by atoms with Crippen molar-refractivity contribution in [3.8, 4) is 11.4 Å². The molecule has 0 spiro atoms. The molecule has 11 heteroatoms. The Kier molecular flexibility index (Phi) is 5.98. The zero-order valence-electron chi connectivity index (χ0n) is 18.8. The number of ether oxygens (including phenoxy) is 1. The molecule has 7 N–H and O–H groups in total. The Labute approximate surface area is 194 Å². The lowest BCUT2D eigenvalue weighted by Crippen LogP contribution is -2.28. The summed E-state index contributed by atoms with van der Waals surface area (Å²) in [7, 11) is 0. The highest BCUT2D eigenvalue weighted by molar-refractivity contribution is 5.88. The van der Waals surface area contributed by atoms with Gasteiger partial charge < -0.3 is 30.9 Å². The van der Waals surface area contributed by atoms with Gasteiger partial charge in [0, 0.05) is 35.5 Å². The monoisotopic (exact) mass is 468 g/mol. The molecule has 0 bridgehead atoms. The second-order valence-electron chi connectivity index (χ2n) is 8.25. The van der Waals surface area contributed by atoms with Crippen LogP contribution in [0.25, 0.3) is 22.3 Å². The van der Waals surface area contributed by atoms with Gasteiger partial charge in [0.1, 0.15) is 12.4 Å². The van der Waals surface area contributed by atoms with Crippen LogP contribution in [-0.2, 0) is 24.4 Å². The van der Waals surface area contributed by atoms with Gasteiger partial charge in [-0.3, -0.25) is 4.79 Å². The summed E-state index contributed by atoms with van der Waals surface area (Å²) in [6, 6.07) is 4.83. The van der Waals surface area contributed by atoms with Gasteiger partial charge in [0.2, 0.25) is 0 Å². The maximum absolute atomic E-state index is 14.4. The molecule has 0 atom stereocenters. The van der Waals surface area contributed by atoms with Gasteiger partial charge in [0.25, 0.3) is 5.56 Å². The number of carbonyl (C=O) groups is 1. The van der Waals surface area contributed by atoms with Crippen molar-refractivity contribution in [1.29, 1.82) is 0 Å². The maximum Gasteiger partial charge on any atom is 0.506 e. The van der Waals surface area contributed by atoms with Gasteiger partial charge in [-0.2, -0.15) is 0 Å². The van der Waals surface area contributed by atoms with Gasteiger partial charge in [-0.1, -0.05) is 0 Å². The lowest BCUT2D eigenvalue weighted by Gasteiger charge is -2.19. The number of aryl methyl sites for hydroxylation is 2. The Hall–Kier alpha value is -3.96.